The first-order valence-electron chi connectivity index (χ1n) is 9.57. The van der Waals surface area contributed by atoms with Gasteiger partial charge in [-0.05, 0) is 42.4 Å². The topological polar surface area (TPSA) is 94.1 Å². The summed E-state index contributed by atoms with van der Waals surface area (Å²) < 4.78 is 16.2. The fourth-order valence-electron chi connectivity index (χ4n) is 3.01. The van der Waals surface area contributed by atoms with Crippen molar-refractivity contribution >= 4 is 11.9 Å². The van der Waals surface area contributed by atoms with Gasteiger partial charge in [0.2, 0.25) is 5.91 Å². The van der Waals surface area contributed by atoms with Gasteiger partial charge in [0.1, 0.15) is 6.04 Å². The van der Waals surface area contributed by atoms with E-state index in [4.69, 9.17) is 14.2 Å². The van der Waals surface area contributed by atoms with Crippen molar-refractivity contribution in [2.45, 2.75) is 46.1 Å². The van der Waals surface area contributed by atoms with Crippen LogP contribution in [0, 0.1) is 11.8 Å². The highest BCUT2D eigenvalue weighted by Gasteiger charge is 2.25. The van der Waals surface area contributed by atoms with E-state index < -0.39 is 12.0 Å². The second kappa shape index (κ2) is 12.2. The number of hydrogen-bond acceptors (Lipinski definition) is 5. The molecule has 1 aromatic carbocycles. The fraction of sp³-hybridized carbons (Fsp3) is 0.619. The van der Waals surface area contributed by atoms with Crippen LogP contribution in [0.15, 0.2) is 18.2 Å². The zero-order chi connectivity index (χ0) is 21.1. The highest BCUT2D eigenvalue weighted by Crippen LogP contribution is 2.31. The molecule has 0 saturated carbocycles. The molecule has 1 unspecified atom stereocenters. The summed E-state index contributed by atoms with van der Waals surface area (Å²) in [7, 11) is 3.25. The van der Waals surface area contributed by atoms with Gasteiger partial charge < -0.3 is 24.6 Å². The number of carbonyl (C=O) groups excluding carboxylic acids is 1. The first kappa shape index (κ1) is 23.8. The molecular weight excluding hydrogens is 362 g/mol. The number of aliphatic carboxylic acids is 1. The van der Waals surface area contributed by atoms with Crippen LogP contribution in [-0.4, -0.2) is 50.5 Å². The molecule has 7 nitrogen and oxygen atoms in total. The molecule has 0 aliphatic rings. The molecule has 28 heavy (non-hydrogen) atoms. The summed E-state index contributed by atoms with van der Waals surface area (Å²) in [5, 5.41) is 11.9. The van der Waals surface area contributed by atoms with Crippen molar-refractivity contribution in [2.75, 3.05) is 27.4 Å². The summed E-state index contributed by atoms with van der Waals surface area (Å²) >= 11 is 0. The van der Waals surface area contributed by atoms with Crippen molar-refractivity contribution in [1.82, 2.24) is 5.32 Å². The predicted octanol–water partition coefficient (Wildman–Crippen LogP) is 2.90. The summed E-state index contributed by atoms with van der Waals surface area (Å²) in [6, 6.07) is 4.87. The maximum absolute atomic E-state index is 11.5. The molecule has 1 rings (SSSR count). The van der Waals surface area contributed by atoms with Crippen LogP contribution < -0.4 is 14.8 Å². The molecule has 0 spiro atoms. The number of hydrogen-bond donors (Lipinski definition) is 2. The van der Waals surface area contributed by atoms with E-state index >= 15 is 0 Å². The van der Waals surface area contributed by atoms with Crippen molar-refractivity contribution < 1.29 is 28.9 Å². The SMILES string of the molecule is COCCCOc1cc(CC(C[C@H](NC(C)=O)C(=O)O)C(C)C)ccc1OC. The van der Waals surface area contributed by atoms with Gasteiger partial charge in [0.15, 0.2) is 11.5 Å². The fourth-order valence-corrected chi connectivity index (χ4v) is 3.01. The van der Waals surface area contributed by atoms with Crippen LogP contribution in [0.5, 0.6) is 11.5 Å². The Balaban J connectivity index is 2.90. The molecule has 2 N–H and O–H groups in total. The Morgan fingerprint density at radius 2 is 1.86 bits per heavy atom. The van der Waals surface area contributed by atoms with E-state index in [1.807, 2.05) is 18.2 Å². The summed E-state index contributed by atoms with van der Waals surface area (Å²) in [4.78, 5) is 22.8. The minimum Gasteiger partial charge on any atom is -0.493 e. The maximum atomic E-state index is 11.5. The number of nitrogens with one attached hydrogen (secondary N) is 1. The Labute approximate surface area is 167 Å². The molecule has 0 aliphatic heterocycles. The quantitative estimate of drug-likeness (QED) is 0.499. The molecule has 0 saturated heterocycles. The molecule has 0 aliphatic carbocycles. The molecule has 1 aromatic rings. The predicted molar refractivity (Wildman–Crippen MR) is 107 cm³/mol. The number of ether oxygens (including phenoxy) is 3. The van der Waals surface area contributed by atoms with Gasteiger partial charge in [0.25, 0.3) is 0 Å². The van der Waals surface area contributed by atoms with Crippen molar-refractivity contribution in [3.8, 4) is 11.5 Å². The molecule has 0 heterocycles. The summed E-state index contributed by atoms with van der Waals surface area (Å²) in [6.45, 7) is 6.59. The number of carbonyl (C=O) groups is 2. The Kier molecular flexibility index (Phi) is 10.4. The normalized spacial score (nSPS) is 13.1. The first-order chi connectivity index (χ1) is 13.3. The number of amides is 1. The van der Waals surface area contributed by atoms with Crippen LogP contribution in [0.1, 0.15) is 39.2 Å². The second-order valence-corrected chi connectivity index (χ2v) is 7.22. The average Bonchev–Trinajstić information content (AvgIpc) is 2.63. The highest BCUT2D eigenvalue weighted by atomic mass is 16.5. The van der Waals surface area contributed by atoms with E-state index in [1.165, 1.54) is 6.92 Å². The van der Waals surface area contributed by atoms with E-state index in [9.17, 15) is 14.7 Å². The van der Waals surface area contributed by atoms with Crippen LogP contribution in [0.25, 0.3) is 0 Å². The Bertz CT molecular complexity index is 631. The first-order valence-corrected chi connectivity index (χ1v) is 9.57. The molecule has 1 amide bonds. The summed E-state index contributed by atoms with van der Waals surface area (Å²) in [5.74, 6) is 0.300. The molecule has 2 atom stereocenters. The number of benzene rings is 1. The standard InChI is InChI=1S/C21H33NO6/c1-14(2)17(13-18(21(24)25)22-15(3)23)11-16-7-8-19(27-5)20(12-16)28-10-6-9-26-4/h7-8,12,14,17-18H,6,9-11,13H2,1-5H3,(H,22,23)(H,24,25)/t17?,18-/m0/s1. The molecule has 0 fully saturated rings. The maximum Gasteiger partial charge on any atom is 0.326 e. The van der Waals surface area contributed by atoms with E-state index in [1.54, 1.807) is 14.2 Å². The van der Waals surface area contributed by atoms with E-state index in [0.717, 1.165) is 12.0 Å². The van der Waals surface area contributed by atoms with Crippen molar-refractivity contribution in [1.29, 1.82) is 0 Å². The van der Waals surface area contributed by atoms with E-state index in [-0.39, 0.29) is 17.7 Å². The molecule has 0 bridgehead atoms. The van der Waals surface area contributed by atoms with Crippen molar-refractivity contribution in [3.63, 3.8) is 0 Å². The second-order valence-electron chi connectivity index (χ2n) is 7.22. The molecule has 0 aromatic heterocycles. The lowest BCUT2D eigenvalue weighted by Gasteiger charge is -2.25. The highest BCUT2D eigenvalue weighted by molar-refractivity contribution is 5.82. The minimum absolute atomic E-state index is 0.0858. The van der Waals surface area contributed by atoms with Gasteiger partial charge in [-0.3, -0.25) is 4.79 Å². The zero-order valence-corrected chi connectivity index (χ0v) is 17.5. The molecule has 158 valence electrons. The summed E-state index contributed by atoms with van der Waals surface area (Å²) in [5.41, 5.74) is 1.04. The average molecular weight is 395 g/mol. The third kappa shape index (κ3) is 8.17. The lowest BCUT2D eigenvalue weighted by molar-refractivity contribution is -0.142. The van der Waals surface area contributed by atoms with Crippen LogP contribution in [0.3, 0.4) is 0 Å². The van der Waals surface area contributed by atoms with Gasteiger partial charge in [-0.2, -0.15) is 0 Å². The van der Waals surface area contributed by atoms with Gasteiger partial charge in [0.05, 0.1) is 13.7 Å². The van der Waals surface area contributed by atoms with Gasteiger partial charge in [-0.25, -0.2) is 4.79 Å². The number of carboxylic acids is 1. The Hall–Kier alpha value is -2.28. The van der Waals surface area contributed by atoms with Crippen LogP contribution in [-0.2, 0) is 20.7 Å². The molecular formula is C21H33NO6. The van der Waals surface area contributed by atoms with Gasteiger partial charge in [-0.15, -0.1) is 0 Å². The number of rotatable bonds is 13. The van der Waals surface area contributed by atoms with E-state index in [2.05, 4.69) is 19.2 Å². The third-order valence-corrected chi connectivity index (χ3v) is 4.63. The van der Waals surface area contributed by atoms with Crippen molar-refractivity contribution in [2.24, 2.45) is 11.8 Å². The Morgan fingerprint density at radius 3 is 2.39 bits per heavy atom. The number of carboxylic acid groups (broad SMARTS) is 1. The van der Waals surface area contributed by atoms with Crippen molar-refractivity contribution in [3.05, 3.63) is 23.8 Å². The van der Waals surface area contributed by atoms with Crippen LogP contribution in [0.4, 0.5) is 0 Å². The third-order valence-electron chi connectivity index (χ3n) is 4.63. The Morgan fingerprint density at radius 1 is 1.14 bits per heavy atom. The lowest BCUT2D eigenvalue weighted by atomic mass is 9.84. The van der Waals surface area contributed by atoms with Gasteiger partial charge >= 0.3 is 5.97 Å². The number of methoxy groups -OCH3 is 2. The minimum atomic E-state index is -1.02. The monoisotopic (exact) mass is 395 g/mol. The molecule has 7 heteroatoms. The van der Waals surface area contributed by atoms with Crippen LogP contribution >= 0.6 is 0 Å². The summed E-state index contributed by atoms with van der Waals surface area (Å²) in [6.07, 6.45) is 1.82. The molecule has 0 radical (unpaired) electrons. The lowest BCUT2D eigenvalue weighted by Crippen LogP contribution is -2.41. The van der Waals surface area contributed by atoms with Crippen LogP contribution in [0.2, 0.25) is 0 Å². The van der Waals surface area contributed by atoms with E-state index in [0.29, 0.717) is 37.6 Å². The largest absolute Gasteiger partial charge is 0.493 e. The smallest absolute Gasteiger partial charge is 0.326 e. The van der Waals surface area contributed by atoms with Gasteiger partial charge in [0, 0.05) is 27.1 Å². The zero-order valence-electron chi connectivity index (χ0n) is 17.5. The van der Waals surface area contributed by atoms with Gasteiger partial charge in [-0.1, -0.05) is 19.9 Å².